The second kappa shape index (κ2) is 12.4. The van der Waals surface area contributed by atoms with Crippen LogP contribution in [0.2, 0.25) is 0 Å². The molecular formula is C34H30BrN3O5S. The Kier molecular flexibility index (Phi) is 8.38. The van der Waals surface area contributed by atoms with E-state index in [2.05, 4.69) is 15.9 Å². The average molecular weight is 673 g/mol. The maximum absolute atomic E-state index is 14.6. The zero-order chi connectivity index (χ0) is 31.0. The number of ether oxygens (including phenoxy) is 2. The van der Waals surface area contributed by atoms with Crippen molar-refractivity contribution in [1.82, 2.24) is 4.57 Å². The summed E-state index contributed by atoms with van der Waals surface area (Å²) in [5.74, 6) is -0.274. The van der Waals surface area contributed by atoms with E-state index in [-0.39, 0.29) is 17.0 Å². The molecule has 3 aromatic carbocycles. The van der Waals surface area contributed by atoms with Crippen LogP contribution < -0.4 is 24.5 Å². The van der Waals surface area contributed by atoms with Crippen LogP contribution in [0.5, 0.6) is 5.75 Å². The van der Waals surface area contributed by atoms with E-state index in [0.717, 1.165) is 22.1 Å². The summed E-state index contributed by atoms with van der Waals surface area (Å²) in [5, 5.41) is 0. The van der Waals surface area contributed by atoms with Gasteiger partial charge < -0.3 is 14.4 Å². The molecule has 1 aromatic heterocycles. The van der Waals surface area contributed by atoms with Crippen LogP contribution in [-0.2, 0) is 20.9 Å². The Bertz CT molecular complexity index is 2000. The molecule has 0 radical (unpaired) electrons. The first-order chi connectivity index (χ1) is 21.4. The Hall–Kier alpha value is -4.28. The van der Waals surface area contributed by atoms with Gasteiger partial charge in [-0.05, 0) is 43.2 Å². The van der Waals surface area contributed by atoms with E-state index < -0.39 is 17.6 Å². The Labute approximate surface area is 266 Å². The maximum Gasteiger partial charge on any atom is 0.338 e. The van der Waals surface area contributed by atoms with Gasteiger partial charge in [0.05, 0.1) is 42.8 Å². The number of esters is 1. The number of hydrogen-bond donors (Lipinski definition) is 0. The summed E-state index contributed by atoms with van der Waals surface area (Å²) in [4.78, 5) is 49.3. The van der Waals surface area contributed by atoms with Crippen LogP contribution in [0.3, 0.4) is 0 Å². The number of anilines is 1. The predicted molar refractivity (Wildman–Crippen MR) is 173 cm³/mol. The molecule has 224 valence electrons. The number of aromatic nitrogens is 1. The smallest absolute Gasteiger partial charge is 0.338 e. The van der Waals surface area contributed by atoms with Crippen molar-refractivity contribution in [3.05, 3.63) is 125 Å². The number of rotatable bonds is 8. The van der Waals surface area contributed by atoms with E-state index >= 15 is 0 Å². The fourth-order valence-corrected chi connectivity index (χ4v) is 7.27. The fraction of sp³-hybridized carbons (Fsp3) is 0.235. The molecule has 6 rings (SSSR count). The highest BCUT2D eigenvalue weighted by Crippen LogP contribution is 2.39. The lowest BCUT2D eigenvalue weighted by molar-refractivity contribution is -0.139. The molecule has 4 aromatic rings. The quantitative estimate of drug-likeness (QED) is 0.238. The Morgan fingerprint density at radius 1 is 1.02 bits per heavy atom. The van der Waals surface area contributed by atoms with Gasteiger partial charge in [-0.2, -0.15) is 0 Å². The zero-order valence-corrected chi connectivity index (χ0v) is 26.9. The molecule has 0 N–H and O–H groups in total. The van der Waals surface area contributed by atoms with Crippen LogP contribution in [0, 0.1) is 0 Å². The van der Waals surface area contributed by atoms with E-state index in [0.29, 0.717) is 51.5 Å². The van der Waals surface area contributed by atoms with Crippen molar-refractivity contribution >= 4 is 50.4 Å². The van der Waals surface area contributed by atoms with E-state index in [1.807, 2.05) is 73.7 Å². The first-order valence-corrected chi connectivity index (χ1v) is 16.0. The summed E-state index contributed by atoms with van der Waals surface area (Å²) in [6.45, 7) is 4.28. The van der Waals surface area contributed by atoms with Gasteiger partial charge >= 0.3 is 5.97 Å². The molecule has 2 aliphatic rings. The summed E-state index contributed by atoms with van der Waals surface area (Å²) in [7, 11) is 1.55. The third kappa shape index (κ3) is 5.11. The molecular weight excluding hydrogens is 642 g/mol. The number of carbonyl (C=O) groups excluding carboxylic acids is 2. The fourth-order valence-electron chi connectivity index (χ4n) is 5.80. The van der Waals surface area contributed by atoms with Crippen molar-refractivity contribution < 1.29 is 19.1 Å². The van der Waals surface area contributed by atoms with Gasteiger partial charge in [-0.1, -0.05) is 89.1 Å². The molecule has 44 heavy (non-hydrogen) atoms. The molecule has 0 bridgehead atoms. The van der Waals surface area contributed by atoms with E-state index in [9.17, 15) is 14.4 Å². The summed E-state index contributed by atoms with van der Waals surface area (Å²) in [6.07, 6.45) is 1.24. The molecule has 0 spiro atoms. The topological polar surface area (TPSA) is 90.2 Å². The number of allylic oxidation sites excluding steroid dienone is 1. The number of amides is 1. The number of carbonyl (C=O) groups is 2. The Morgan fingerprint density at radius 2 is 1.77 bits per heavy atom. The van der Waals surface area contributed by atoms with Crippen molar-refractivity contribution in [1.29, 1.82) is 0 Å². The second-order valence-electron chi connectivity index (χ2n) is 10.4. The first kappa shape index (κ1) is 29.8. The molecule has 10 heteroatoms. The van der Waals surface area contributed by atoms with Crippen LogP contribution in [0.1, 0.15) is 49.4 Å². The van der Waals surface area contributed by atoms with Crippen LogP contribution in [0.4, 0.5) is 5.69 Å². The van der Waals surface area contributed by atoms with Gasteiger partial charge in [0.1, 0.15) is 16.3 Å². The first-order valence-electron chi connectivity index (χ1n) is 14.4. The maximum atomic E-state index is 14.6. The van der Waals surface area contributed by atoms with E-state index in [4.69, 9.17) is 14.5 Å². The van der Waals surface area contributed by atoms with Gasteiger partial charge in [0.2, 0.25) is 0 Å². The van der Waals surface area contributed by atoms with Crippen LogP contribution in [0.25, 0.3) is 5.57 Å². The van der Waals surface area contributed by atoms with Crippen LogP contribution in [0.15, 0.2) is 98.3 Å². The van der Waals surface area contributed by atoms with Crippen LogP contribution in [-0.4, -0.2) is 30.2 Å². The highest BCUT2D eigenvalue weighted by molar-refractivity contribution is 9.10. The number of para-hydroxylation sites is 1. The normalized spacial score (nSPS) is 16.9. The van der Waals surface area contributed by atoms with E-state index in [1.54, 1.807) is 25.0 Å². The third-order valence-corrected chi connectivity index (χ3v) is 9.24. The van der Waals surface area contributed by atoms with Gasteiger partial charge in [-0.25, -0.2) is 9.79 Å². The average Bonchev–Trinajstić information content (AvgIpc) is 3.48. The number of hydrogen-bond acceptors (Lipinski definition) is 7. The number of fused-ring (bicyclic) bond motifs is 2. The van der Waals surface area contributed by atoms with Crippen molar-refractivity contribution in [2.24, 2.45) is 4.99 Å². The zero-order valence-electron chi connectivity index (χ0n) is 24.5. The molecule has 8 nitrogen and oxygen atoms in total. The highest BCUT2D eigenvalue weighted by Gasteiger charge is 2.38. The van der Waals surface area contributed by atoms with E-state index in [1.165, 1.54) is 15.9 Å². The molecule has 1 atom stereocenters. The Morgan fingerprint density at radius 3 is 2.50 bits per heavy atom. The summed E-state index contributed by atoms with van der Waals surface area (Å²) in [5.41, 5.74) is 3.76. The van der Waals surface area contributed by atoms with Crippen LogP contribution >= 0.6 is 27.3 Å². The predicted octanol–water partition coefficient (Wildman–Crippen LogP) is 5.27. The molecule has 0 aliphatic carbocycles. The number of methoxy groups -OCH3 is 1. The number of benzene rings is 3. The van der Waals surface area contributed by atoms with Gasteiger partial charge in [0.25, 0.3) is 11.5 Å². The largest absolute Gasteiger partial charge is 0.496 e. The number of halogens is 1. The third-order valence-electron chi connectivity index (χ3n) is 7.69. The minimum absolute atomic E-state index is 0.173. The van der Waals surface area contributed by atoms with Gasteiger partial charge in [0, 0.05) is 15.6 Å². The van der Waals surface area contributed by atoms with Crippen molar-refractivity contribution in [2.45, 2.75) is 39.3 Å². The Balaban J connectivity index is 1.64. The lowest BCUT2D eigenvalue weighted by Gasteiger charge is -2.26. The summed E-state index contributed by atoms with van der Waals surface area (Å²) < 4.78 is 13.8. The molecule has 3 heterocycles. The number of thiazole rings is 1. The van der Waals surface area contributed by atoms with Gasteiger partial charge in [-0.15, -0.1) is 0 Å². The molecule has 2 aliphatic heterocycles. The molecule has 1 amide bonds. The lowest BCUT2D eigenvalue weighted by atomic mass is 9.93. The standard InChI is InChI=1S/C34H30BrN3O5S/c1-4-11-24-28(33(41)43-5-2)29(22-14-9-10-15-26(22)42-3)38-32(40)30(44-34(38)36-24)27-23-18-21(35)16-17-25(23)37(31(27)39)19-20-12-7-6-8-13-20/h6-10,12-18,29H,4-5,11,19H2,1-3H3/b30-27-/t29-/m1/s1. The van der Waals surface area contributed by atoms with Crippen molar-refractivity contribution in [3.63, 3.8) is 0 Å². The minimum atomic E-state index is -0.851. The molecule has 0 unspecified atom stereocenters. The summed E-state index contributed by atoms with van der Waals surface area (Å²) >= 11 is 4.72. The SMILES string of the molecule is CCCC1=C(C(=O)OCC)[C@@H](c2ccccc2OC)n2c(s/c(=C3\C(=O)N(Cc4ccccc4)c4ccc(Br)cc43)c2=O)=N1. The summed E-state index contributed by atoms with van der Waals surface area (Å²) in [6, 6.07) is 21.9. The number of nitrogens with zero attached hydrogens (tertiary/aromatic N) is 3. The van der Waals surface area contributed by atoms with Gasteiger partial charge in [0.15, 0.2) is 4.80 Å². The van der Waals surface area contributed by atoms with Crippen molar-refractivity contribution in [3.8, 4) is 5.75 Å². The second-order valence-corrected chi connectivity index (χ2v) is 12.3. The van der Waals surface area contributed by atoms with Crippen molar-refractivity contribution in [2.75, 3.05) is 18.6 Å². The molecule has 0 fully saturated rings. The lowest BCUT2D eigenvalue weighted by Crippen LogP contribution is -2.41. The monoisotopic (exact) mass is 671 g/mol. The van der Waals surface area contributed by atoms with Gasteiger partial charge in [-0.3, -0.25) is 14.2 Å². The minimum Gasteiger partial charge on any atom is -0.496 e. The highest BCUT2D eigenvalue weighted by atomic mass is 79.9. The molecule has 0 saturated carbocycles. The molecule has 0 saturated heterocycles.